The van der Waals surface area contributed by atoms with Crippen molar-refractivity contribution in [1.82, 2.24) is 5.32 Å². The lowest BCUT2D eigenvalue weighted by Gasteiger charge is -2.36. The Morgan fingerprint density at radius 3 is 1.60 bits per heavy atom. The molecule has 0 aromatic heterocycles. The Hall–Kier alpha value is -0.0400. The van der Waals surface area contributed by atoms with E-state index >= 15 is 0 Å². The average molecular weight is 141 g/mol. The van der Waals surface area contributed by atoms with Gasteiger partial charge in [-0.1, -0.05) is 13.8 Å². The monoisotopic (exact) mass is 141 g/mol. The van der Waals surface area contributed by atoms with Crippen LogP contribution in [0.25, 0.3) is 0 Å². The highest BCUT2D eigenvalue weighted by molar-refractivity contribution is 4.83. The first-order valence-electron chi connectivity index (χ1n) is 4.37. The molecule has 0 aromatic carbocycles. The lowest BCUT2D eigenvalue weighted by atomic mass is 9.83. The highest BCUT2D eigenvalue weighted by Crippen LogP contribution is 2.23. The standard InChI is InChI=1S/C9H19N/c1-6-5-7(2)9(4)10-8(6)3/h6-10H,5H2,1-4H3/t6-,7+,8-,9+. The number of hydrogen-bond acceptors (Lipinski definition) is 1. The molecule has 0 aromatic rings. The van der Waals surface area contributed by atoms with Crippen molar-refractivity contribution in [3.63, 3.8) is 0 Å². The van der Waals surface area contributed by atoms with Gasteiger partial charge in [-0.15, -0.1) is 0 Å². The summed E-state index contributed by atoms with van der Waals surface area (Å²) >= 11 is 0. The summed E-state index contributed by atoms with van der Waals surface area (Å²) < 4.78 is 0. The Balaban J connectivity index is 2.46. The third kappa shape index (κ3) is 1.51. The van der Waals surface area contributed by atoms with Crippen LogP contribution in [0.5, 0.6) is 0 Å². The predicted octanol–water partition coefficient (Wildman–Crippen LogP) is 2.03. The topological polar surface area (TPSA) is 12.0 Å². The van der Waals surface area contributed by atoms with E-state index in [0.717, 1.165) is 11.8 Å². The quantitative estimate of drug-likeness (QED) is 0.544. The smallest absolute Gasteiger partial charge is 0.00670 e. The van der Waals surface area contributed by atoms with E-state index in [1.54, 1.807) is 0 Å². The van der Waals surface area contributed by atoms with Gasteiger partial charge < -0.3 is 5.32 Å². The van der Waals surface area contributed by atoms with Crippen molar-refractivity contribution in [1.29, 1.82) is 0 Å². The summed E-state index contributed by atoms with van der Waals surface area (Å²) in [6.45, 7) is 9.24. The van der Waals surface area contributed by atoms with Crippen molar-refractivity contribution >= 4 is 0 Å². The Bertz CT molecular complexity index is 85.3. The van der Waals surface area contributed by atoms with E-state index in [9.17, 15) is 0 Å². The summed E-state index contributed by atoms with van der Waals surface area (Å²) in [5, 5.41) is 3.58. The highest BCUT2D eigenvalue weighted by atomic mass is 15.0. The van der Waals surface area contributed by atoms with Gasteiger partial charge >= 0.3 is 0 Å². The molecule has 0 saturated carbocycles. The molecule has 0 radical (unpaired) electrons. The molecule has 1 aliphatic heterocycles. The second kappa shape index (κ2) is 2.91. The van der Waals surface area contributed by atoms with E-state index in [0.29, 0.717) is 12.1 Å². The van der Waals surface area contributed by atoms with Gasteiger partial charge in [0, 0.05) is 12.1 Å². The molecule has 1 fully saturated rings. The van der Waals surface area contributed by atoms with E-state index in [2.05, 4.69) is 33.0 Å². The van der Waals surface area contributed by atoms with Crippen LogP contribution in [-0.4, -0.2) is 12.1 Å². The van der Waals surface area contributed by atoms with Gasteiger partial charge in [-0.25, -0.2) is 0 Å². The molecule has 1 N–H and O–H groups in total. The second-order valence-corrected chi connectivity index (χ2v) is 3.93. The first kappa shape index (κ1) is 8.06. The Labute approximate surface area is 64.2 Å². The maximum Gasteiger partial charge on any atom is 0.00670 e. The maximum atomic E-state index is 3.58. The van der Waals surface area contributed by atoms with Crippen LogP contribution in [0.2, 0.25) is 0 Å². The molecule has 60 valence electrons. The fourth-order valence-corrected chi connectivity index (χ4v) is 1.74. The highest BCUT2D eigenvalue weighted by Gasteiger charge is 2.26. The minimum atomic E-state index is 0.714. The Kier molecular flexibility index (Phi) is 2.35. The van der Waals surface area contributed by atoms with Gasteiger partial charge in [0.2, 0.25) is 0 Å². The third-order valence-corrected chi connectivity index (χ3v) is 2.98. The minimum absolute atomic E-state index is 0.714. The van der Waals surface area contributed by atoms with Crippen LogP contribution in [0.1, 0.15) is 34.1 Å². The fraction of sp³-hybridized carbons (Fsp3) is 1.00. The van der Waals surface area contributed by atoms with Gasteiger partial charge in [0.15, 0.2) is 0 Å². The molecule has 1 saturated heterocycles. The van der Waals surface area contributed by atoms with Gasteiger partial charge in [0.25, 0.3) is 0 Å². The lowest BCUT2D eigenvalue weighted by molar-refractivity contribution is 0.204. The van der Waals surface area contributed by atoms with Crippen molar-refractivity contribution in [3.8, 4) is 0 Å². The average Bonchev–Trinajstić information content (AvgIpc) is 1.84. The summed E-state index contributed by atoms with van der Waals surface area (Å²) in [6, 6.07) is 1.43. The molecular weight excluding hydrogens is 122 g/mol. The predicted molar refractivity (Wildman–Crippen MR) is 45.0 cm³/mol. The zero-order chi connectivity index (χ0) is 7.72. The summed E-state index contributed by atoms with van der Waals surface area (Å²) in [5.41, 5.74) is 0. The van der Waals surface area contributed by atoms with Gasteiger partial charge in [-0.05, 0) is 32.1 Å². The molecule has 4 atom stereocenters. The van der Waals surface area contributed by atoms with E-state index in [4.69, 9.17) is 0 Å². The zero-order valence-corrected chi connectivity index (χ0v) is 7.52. The summed E-state index contributed by atoms with van der Waals surface area (Å²) in [4.78, 5) is 0. The Morgan fingerprint density at radius 2 is 1.30 bits per heavy atom. The van der Waals surface area contributed by atoms with E-state index in [1.165, 1.54) is 6.42 Å². The second-order valence-electron chi connectivity index (χ2n) is 3.93. The third-order valence-electron chi connectivity index (χ3n) is 2.98. The molecular formula is C9H19N. The van der Waals surface area contributed by atoms with Crippen molar-refractivity contribution < 1.29 is 0 Å². The summed E-state index contributed by atoms with van der Waals surface area (Å²) in [5.74, 6) is 1.71. The largest absolute Gasteiger partial charge is 0.311 e. The molecule has 0 unspecified atom stereocenters. The van der Waals surface area contributed by atoms with Crippen LogP contribution >= 0.6 is 0 Å². The normalized spacial score (nSPS) is 49.2. The van der Waals surface area contributed by atoms with Crippen LogP contribution in [0.15, 0.2) is 0 Å². The van der Waals surface area contributed by atoms with Crippen molar-refractivity contribution in [2.45, 2.75) is 46.2 Å². The van der Waals surface area contributed by atoms with Crippen molar-refractivity contribution in [2.75, 3.05) is 0 Å². The first-order chi connectivity index (χ1) is 4.61. The maximum absolute atomic E-state index is 3.58. The summed E-state index contributed by atoms with van der Waals surface area (Å²) in [6.07, 6.45) is 1.38. The van der Waals surface area contributed by atoms with Gasteiger partial charge in [0.05, 0.1) is 0 Å². The molecule has 1 nitrogen and oxygen atoms in total. The molecule has 1 heteroatoms. The van der Waals surface area contributed by atoms with Gasteiger partial charge in [-0.3, -0.25) is 0 Å². The molecule has 0 amide bonds. The zero-order valence-electron chi connectivity index (χ0n) is 7.52. The van der Waals surface area contributed by atoms with Crippen LogP contribution in [0.3, 0.4) is 0 Å². The molecule has 0 spiro atoms. The van der Waals surface area contributed by atoms with Gasteiger partial charge in [0.1, 0.15) is 0 Å². The van der Waals surface area contributed by atoms with E-state index < -0.39 is 0 Å². The molecule has 10 heavy (non-hydrogen) atoms. The molecule has 1 aliphatic rings. The van der Waals surface area contributed by atoms with Crippen LogP contribution in [-0.2, 0) is 0 Å². The van der Waals surface area contributed by atoms with Crippen LogP contribution in [0.4, 0.5) is 0 Å². The first-order valence-corrected chi connectivity index (χ1v) is 4.37. The van der Waals surface area contributed by atoms with E-state index in [1.807, 2.05) is 0 Å². The molecule has 0 bridgehead atoms. The van der Waals surface area contributed by atoms with Gasteiger partial charge in [-0.2, -0.15) is 0 Å². The van der Waals surface area contributed by atoms with Crippen molar-refractivity contribution in [3.05, 3.63) is 0 Å². The van der Waals surface area contributed by atoms with E-state index in [-0.39, 0.29) is 0 Å². The lowest BCUT2D eigenvalue weighted by Crippen LogP contribution is -2.47. The molecule has 0 aliphatic carbocycles. The number of piperidine rings is 1. The number of rotatable bonds is 0. The molecule has 1 heterocycles. The molecule has 1 rings (SSSR count). The van der Waals surface area contributed by atoms with Crippen LogP contribution < -0.4 is 5.32 Å². The van der Waals surface area contributed by atoms with Crippen molar-refractivity contribution in [2.24, 2.45) is 11.8 Å². The number of nitrogens with one attached hydrogen (secondary N) is 1. The van der Waals surface area contributed by atoms with Crippen LogP contribution in [0, 0.1) is 11.8 Å². The SMILES string of the molecule is C[C@@H]1C[C@H](C)[C@H](C)N[C@@H]1C. The summed E-state index contributed by atoms with van der Waals surface area (Å²) in [7, 11) is 0. The minimum Gasteiger partial charge on any atom is -0.311 e. The Morgan fingerprint density at radius 1 is 0.900 bits per heavy atom. The fourth-order valence-electron chi connectivity index (χ4n) is 1.74. The number of hydrogen-bond donors (Lipinski definition) is 1.